The smallest absolute Gasteiger partial charge is 0.304 e. The van der Waals surface area contributed by atoms with E-state index < -0.39 is 11.4 Å². The van der Waals surface area contributed by atoms with Gasteiger partial charge < -0.3 is 25.1 Å². The SMILES string of the molecule is CN1CCc2c(cc(Nc3ncc(Cl)c(N4CC(C)(CC(=O)O)c5ccccc54)n3)cc2C2CCN(C)C2)C1. The first-order valence-electron chi connectivity index (χ1n) is 13.6. The van der Waals surface area contributed by atoms with Crippen molar-refractivity contribution in [3.63, 3.8) is 0 Å². The normalized spacial score (nSPS) is 23.1. The van der Waals surface area contributed by atoms with Crippen LogP contribution >= 0.6 is 11.6 Å². The van der Waals surface area contributed by atoms with Crippen molar-refractivity contribution in [1.29, 1.82) is 0 Å². The van der Waals surface area contributed by atoms with Gasteiger partial charge in [0.2, 0.25) is 5.95 Å². The molecule has 1 saturated heterocycles. The number of anilines is 4. The number of hydrogen-bond acceptors (Lipinski definition) is 7. The van der Waals surface area contributed by atoms with Crippen molar-refractivity contribution in [2.45, 2.75) is 44.1 Å². The third-order valence-electron chi connectivity index (χ3n) is 8.52. The summed E-state index contributed by atoms with van der Waals surface area (Å²) in [6, 6.07) is 12.4. The van der Waals surface area contributed by atoms with Crippen LogP contribution in [-0.2, 0) is 23.2 Å². The lowest BCUT2D eigenvalue weighted by molar-refractivity contribution is -0.138. The number of likely N-dealkylation sites (N-methyl/N-ethyl adjacent to an activating group) is 2. The second-order valence-corrected chi connectivity index (χ2v) is 12.1. The Bertz CT molecular complexity index is 1430. The molecule has 2 N–H and O–H groups in total. The maximum atomic E-state index is 11.7. The molecule has 2 atom stereocenters. The average Bonchev–Trinajstić information content (AvgIpc) is 3.45. The lowest BCUT2D eigenvalue weighted by Gasteiger charge is -2.29. The maximum Gasteiger partial charge on any atom is 0.304 e. The number of nitrogens with zero attached hydrogens (tertiary/aromatic N) is 5. The molecule has 0 spiro atoms. The van der Waals surface area contributed by atoms with Gasteiger partial charge in [0, 0.05) is 43.0 Å². The molecule has 6 rings (SSSR count). The Balaban J connectivity index is 1.34. The largest absolute Gasteiger partial charge is 0.481 e. The Labute approximate surface area is 234 Å². The standard InChI is InChI=1S/C30H35ClN6O2/c1-30(14-27(38)39)18-37(26-7-5-4-6-24(26)30)28-25(31)15-32-29(34-28)33-21-12-20-17-36(3)11-9-22(20)23(13-21)19-8-10-35(2)16-19/h4-7,12-13,15,19H,8-11,14,16-18H2,1-3H3,(H,38,39)(H,32,33,34). The first-order chi connectivity index (χ1) is 18.7. The number of carboxylic acids is 1. The van der Waals surface area contributed by atoms with Crippen LogP contribution in [0.2, 0.25) is 5.02 Å². The molecule has 0 aliphatic carbocycles. The van der Waals surface area contributed by atoms with Crippen LogP contribution in [0.1, 0.15) is 47.9 Å². The highest BCUT2D eigenvalue weighted by Crippen LogP contribution is 2.47. The highest BCUT2D eigenvalue weighted by atomic mass is 35.5. The van der Waals surface area contributed by atoms with Gasteiger partial charge in [-0.1, -0.05) is 36.7 Å². The van der Waals surface area contributed by atoms with Gasteiger partial charge >= 0.3 is 5.97 Å². The average molecular weight is 547 g/mol. The van der Waals surface area contributed by atoms with Crippen molar-refractivity contribution in [3.05, 3.63) is 69.9 Å². The summed E-state index contributed by atoms with van der Waals surface area (Å²) in [6.45, 7) is 6.67. The first kappa shape index (κ1) is 26.0. The summed E-state index contributed by atoms with van der Waals surface area (Å²) < 4.78 is 0. The van der Waals surface area contributed by atoms with Crippen molar-refractivity contribution in [3.8, 4) is 0 Å². The van der Waals surface area contributed by atoms with Crippen molar-refractivity contribution in [2.75, 3.05) is 50.5 Å². The number of fused-ring (bicyclic) bond motifs is 2. The molecule has 2 unspecified atom stereocenters. The molecule has 4 heterocycles. The molecule has 39 heavy (non-hydrogen) atoms. The summed E-state index contributed by atoms with van der Waals surface area (Å²) in [5.41, 5.74) is 6.66. The van der Waals surface area contributed by atoms with Crippen LogP contribution in [0.25, 0.3) is 0 Å². The molecular formula is C30H35ClN6O2. The number of likely N-dealkylation sites (tertiary alicyclic amines) is 1. The number of aromatic nitrogens is 2. The number of para-hydroxylation sites is 1. The van der Waals surface area contributed by atoms with E-state index in [2.05, 4.69) is 46.3 Å². The van der Waals surface area contributed by atoms with E-state index in [0.29, 0.717) is 29.3 Å². The lowest BCUT2D eigenvalue weighted by atomic mass is 9.81. The first-order valence-corrected chi connectivity index (χ1v) is 14.0. The number of halogens is 1. The van der Waals surface area contributed by atoms with E-state index in [0.717, 1.165) is 49.5 Å². The molecule has 1 aromatic heterocycles. The Morgan fingerprint density at radius 3 is 2.79 bits per heavy atom. The fraction of sp³-hybridized carbons (Fsp3) is 0.433. The van der Waals surface area contributed by atoms with Crippen LogP contribution in [0.5, 0.6) is 0 Å². The molecule has 0 saturated carbocycles. The molecule has 1 fully saturated rings. The van der Waals surface area contributed by atoms with Crippen LogP contribution in [0.3, 0.4) is 0 Å². The van der Waals surface area contributed by atoms with Crippen molar-refractivity contribution in [1.82, 2.24) is 19.8 Å². The van der Waals surface area contributed by atoms with Gasteiger partial charge in [0.25, 0.3) is 0 Å². The van der Waals surface area contributed by atoms with Gasteiger partial charge in [-0.25, -0.2) is 4.98 Å². The zero-order valence-corrected chi connectivity index (χ0v) is 23.5. The summed E-state index contributed by atoms with van der Waals surface area (Å²) in [5.74, 6) is 0.750. The third kappa shape index (κ3) is 4.97. The van der Waals surface area contributed by atoms with Gasteiger partial charge in [0.05, 0.1) is 12.6 Å². The highest BCUT2D eigenvalue weighted by Gasteiger charge is 2.42. The second kappa shape index (κ2) is 10.1. The second-order valence-electron chi connectivity index (χ2n) is 11.7. The summed E-state index contributed by atoms with van der Waals surface area (Å²) in [4.78, 5) is 27.9. The summed E-state index contributed by atoms with van der Waals surface area (Å²) in [7, 11) is 4.37. The number of benzene rings is 2. The molecule has 3 aliphatic heterocycles. The fourth-order valence-corrected chi connectivity index (χ4v) is 6.84. The van der Waals surface area contributed by atoms with Crippen LogP contribution in [0, 0.1) is 0 Å². The number of nitrogens with one attached hydrogen (secondary N) is 1. The molecule has 8 nitrogen and oxygen atoms in total. The summed E-state index contributed by atoms with van der Waals surface area (Å²) >= 11 is 6.66. The number of carboxylic acid groups (broad SMARTS) is 1. The highest BCUT2D eigenvalue weighted by molar-refractivity contribution is 6.33. The zero-order valence-electron chi connectivity index (χ0n) is 22.7. The predicted molar refractivity (Wildman–Crippen MR) is 155 cm³/mol. The Morgan fingerprint density at radius 1 is 1.21 bits per heavy atom. The number of aliphatic carboxylic acids is 1. The molecule has 3 aliphatic rings. The van der Waals surface area contributed by atoms with Crippen LogP contribution in [-0.4, -0.2) is 71.1 Å². The number of carbonyl (C=O) groups is 1. The van der Waals surface area contributed by atoms with E-state index in [9.17, 15) is 9.90 Å². The van der Waals surface area contributed by atoms with Gasteiger partial charge in [-0.05, 0) is 79.9 Å². The summed E-state index contributed by atoms with van der Waals surface area (Å²) in [5, 5.41) is 13.5. The van der Waals surface area contributed by atoms with Crippen molar-refractivity contribution in [2.24, 2.45) is 0 Å². The van der Waals surface area contributed by atoms with Gasteiger partial charge in [0.15, 0.2) is 5.82 Å². The van der Waals surface area contributed by atoms with Gasteiger partial charge in [-0.2, -0.15) is 4.98 Å². The molecular weight excluding hydrogens is 512 g/mol. The molecule has 204 valence electrons. The van der Waals surface area contributed by atoms with E-state index in [1.807, 2.05) is 36.1 Å². The molecule has 9 heteroatoms. The predicted octanol–water partition coefficient (Wildman–Crippen LogP) is 5.16. The van der Waals surface area contributed by atoms with E-state index in [1.165, 1.54) is 23.1 Å². The molecule has 0 bridgehead atoms. The van der Waals surface area contributed by atoms with Crippen LogP contribution in [0.15, 0.2) is 42.6 Å². The topological polar surface area (TPSA) is 84.8 Å². The van der Waals surface area contributed by atoms with Crippen LogP contribution < -0.4 is 10.2 Å². The minimum atomic E-state index is -0.826. The van der Waals surface area contributed by atoms with E-state index in [1.54, 1.807) is 6.20 Å². The van der Waals surface area contributed by atoms with Crippen molar-refractivity contribution < 1.29 is 9.90 Å². The quantitative estimate of drug-likeness (QED) is 0.438. The minimum absolute atomic E-state index is 0.0248. The number of hydrogen-bond donors (Lipinski definition) is 2. The molecule has 3 aromatic rings. The van der Waals surface area contributed by atoms with Gasteiger partial charge in [0.1, 0.15) is 5.02 Å². The van der Waals surface area contributed by atoms with E-state index >= 15 is 0 Å². The monoisotopic (exact) mass is 546 g/mol. The van der Waals surface area contributed by atoms with E-state index in [4.69, 9.17) is 16.6 Å². The van der Waals surface area contributed by atoms with Crippen molar-refractivity contribution >= 4 is 40.7 Å². The fourth-order valence-electron chi connectivity index (χ4n) is 6.65. The number of rotatable bonds is 6. The van der Waals surface area contributed by atoms with Gasteiger partial charge in [-0.15, -0.1) is 0 Å². The minimum Gasteiger partial charge on any atom is -0.481 e. The maximum absolute atomic E-state index is 11.7. The molecule has 0 amide bonds. The Morgan fingerprint density at radius 2 is 2.03 bits per heavy atom. The van der Waals surface area contributed by atoms with Crippen LogP contribution in [0.4, 0.5) is 23.1 Å². The zero-order chi connectivity index (χ0) is 27.3. The molecule has 2 aromatic carbocycles. The molecule has 0 radical (unpaired) electrons. The third-order valence-corrected chi connectivity index (χ3v) is 8.79. The Hall–Kier alpha value is -3.20. The van der Waals surface area contributed by atoms with Gasteiger partial charge in [-0.3, -0.25) is 4.79 Å². The summed E-state index contributed by atoms with van der Waals surface area (Å²) in [6.07, 6.45) is 3.90. The lowest BCUT2D eigenvalue weighted by Crippen LogP contribution is -2.31. The Kier molecular flexibility index (Phi) is 6.73. The van der Waals surface area contributed by atoms with E-state index in [-0.39, 0.29) is 6.42 Å².